The smallest absolute Gasteiger partial charge is 0.406 e. The number of ether oxygens (including phenoxy) is 1. The van der Waals surface area contributed by atoms with Gasteiger partial charge >= 0.3 is 6.36 Å². The fourth-order valence-corrected chi connectivity index (χ4v) is 2.18. The molecule has 0 bridgehead atoms. The zero-order valence-corrected chi connectivity index (χ0v) is 11.0. The summed E-state index contributed by atoms with van der Waals surface area (Å²) in [5.74, 6) is 0.564. The van der Waals surface area contributed by atoms with Gasteiger partial charge in [0.1, 0.15) is 5.75 Å². The monoisotopic (exact) mass is 273 g/mol. The van der Waals surface area contributed by atoms with Gasteiger partial charge in [-0.15, -0.1) is 13.2 Å². The van der Waals surface area contributed by atoms with Crippen molar-refractivity contribution in [1.82, 2.24) is 5.32 Å². The maximum absolute atomic E-state index is 12.0. The molecule has 0 radical (unpaired) electrons. The van der Waals surface area contributed by atoms with E-state index in [0.717, 1.165) is 11.5 Å². The number of alkyl halides is 3. The van der Waals surface area contributed by atoms with Crippen molar-refractivity contribution < 1.29 is 17.9 Å². The van der Waals surface area contributed by atoms with Crippen molar-refractivity contribution in [1.29, 1.82) is 0 Å². The predicted molar refractivity (Wildman–Crippen MR) is 66.9 cm³/mol. The van der Waals surface area contributed by atoms with Crippen molar-refractivity contribution in [2.75, 3.05) is 0 Å². The molecule has 0 amide bonds. The second kappa shape index (κ2) is 5.41. The molecule has 1 fully saturated rings. The Bertz CT molecular complexity index is 412. The quantitative estimate of drug-likeness (QED) is 0.874. The van der Waals surface area contributed by atoms with Gasteiger partial charge in [0.05, 0.1) is 0 Å². The third-order valence-electron chi connectivity index (χ3n) is 3.46. The summed E-state index contributed by atoms with van der Waals surface area (Å²) in [6, 6.07) is 6.60. The normalized spacial score (nSPS) is 19.0. The second-order valence-corrected chi connectivity index (χ2v) is 5.13. The molecular weight excluding hydrogens is 255 g/mol. The predicted octanol–water partition coefficient (Wildman–Crippen LogP) is 4.03. The third kappa shape index (κ3) is 4.42. The maximum Gasteiger partial charge on any atom is 0.573 e. The van der Waals surface area contributed by atoms with E-state index in [0.29, 0.717) is 6.04 Å². The van der Waals surface area contributed by atoms with E-state index in [1.165, 1.54) is 25.0 Å². The summed E-state index contributed by atoms with van der Waals surface area (Å²) < 4.78 is 39.9. The molecule has 1 aliphatic carbocycles. The molecule has 2 unspecified atom stereocenters. The van der Waals surface area contributed by atoms with E-state index < -0.39 is 6.36 Å². The molecule has 0 saturated heterocycles. The fourth-order valence-electron chi connectivity index (χ4n) is 2.18. The van der Waals surface area contributed by atoms with Crippen LogP contribution in [0.3, 0.4) is 0 Å². The van der Waals surface area contributed by atoms with Crippen molar-refractivity contribution >= 4 is 0 Å². The summed E-state index contributed by atoms with van der Waals surface area (Å²) in [5, 5.41) is 3.46. The van der Waals surface area contributed by atoms with Crippen LogP contribution in [0.4, 0.5) is 13.2 Å². The van der Waals surface area contributed by atoms with Crippen LogP contribution in [0.5, 0.6) is 5.75 Å². The van der Waals surface area contributed by atoms with Crippen molar-refractivity contribution in [2.24, 2.45) is 5.92 Å². The molecule has 0 aromatic heterocycles. The first-order chi connectivity index (χ1) is 8.85. The summed E-state index contributed by atoms with van der Waals surface area (Å²) in [4.78, 5) is 0. The topological polar surface area (TPSA) is 21.3 Å². The van der Waals surface area contributed by atoms with Crippen LogP contribution < -0.4 is 10.1 Å². The molecule has 1 saturated carbocycles. The molecule has 2 rings (SSSR count). The first-order valence-corrected chi connectivity index (χ1v) is 6.47. The molecule has 0 spiro atoms. The summed E-state index contributed by atoms with van der Waals surface area (Å²) in [6.07, 6.45) is -2.11. The summed E-state index contributed by atoms with van der Waals surface area (Å²) in [5.41, 5.74) is 0.960. The van der Waals surface area contributed by atoms with E-state index in [9.17, 15) is 13.2 Å². The van der Waals surface area contributed by atoms with Crippen LogP contribution in [0, 0.1) is 5.92 Å². The van der Waals surface area contributed by atoms with Gasteiger partial charge < -0.3 is 10.1 Å². The number of rotatable bonds is 5. The van der Waals surface area contributed by atoms with E-state index in [-0.39, 0.29) is 11.8 Å². The molecule has 0 heterocycles. The first kappa shape index (κ1) is 14.2. The van der Waals surface area contributed by atoms with Crippen LogP contribution in [0.15, 0.2) is 24.3 Å². The average Bonchev–Trinajstić information content (AvgIpc) is 3.11. The largest absolute Gasteiger partial charge is 0.573 e. The Kier molecular flexibility index (Phi) is 4.04. The highest BCUT2D eigenvalue weighted by molar-refractivity contribution is 5.29. The number of benzene rings is 1. The number of hydrogen-bond donors (Lipinski definition) is 1. The minimum atomic E-state index is -4.63. The van der Waals surface area contributed by atoms with E-state index >= 15 is 0 Å². The standard InChI is InChI=1S/C14H18F3NO/c1-9(11-3-4-11)18-10(2)12-5-7-13(8-6-12)19-14(15,16)17/h5-11,18H,3-4H2,1-2H3. The highest BCUT2D eigenvalue weighted by Crippen LogP contribution is 2.33. The van der Waals surface area contributed by atoms with Crippen LogP contribution in [0.2, 0.25) is 0 Å². The van der Waals surface area contributed by atoms with E-state index in [4.69, 9.17) is 0 Å². The van der Waals surface area contributed by atoms with Crippen LogP contribution >= 0.6 is 0 Å². The van der Waals surface area contributed by atoms with Crippen LogP contribution in [-0.2, 0) is 0 Å². The van der Waals surface area contributed by atoms with Crippen molar-refractivity contribution in [3.8, 4) is 5.75 Å². The van der Waals surface area contributed by atoms with Gasteiger partial charge in [0.15, 0.2) is 0 Å². The lowest BCUT2D eigenvalue weighted by atomic mass is 10.1. The fraction of sp³-hybridized carbons (Fsp3) is 0.571. The SMILES string of the molecule is CC(NC(C)C1CC1)c1ccc(OC(F)(F)F)cc1. The van der Waals surface area contributed by atoms with Gasteiger partial charge in [-0.3, -0.25) is 0 Å². The highest BCUT2D eigenvalue weighted by atomic mass is 19.4. The molecule has 2 atom stereocenters. The first-order valence-electron chi connectivity index (χ1n) is 6.47. The molecule has 2 nitrogen and oxygen atoms in total. The molecule has 0 aliphatic heterocycles. The zero-order chi connectivity index (χ0) is 14.0. The average molecular weight is 273 g/mol. The number of hydrogen-bond acceptors (Lipinski definition) is 2. The zero-order valence-electron chi connectivity index (χ0n) is 11.0. The Morgan fingerprint density at radius 3 is 2.21 bits per heavy atom. The van der Waals surface area contributed by atoms with E-state index in [1.54, 1.807) is 12.1 Å². The second-order valence-electron chi connectivity index (χ2n) is 5.13. The molecule has 5 heteroatoms. The van der Waals surface area contributed by atoms with Crippen molar-refractivity contribution in [2.45, 2.75) is 45.1 Å². The Hall–Kier alpha value is -1.23. The van der Waals surface area contributed by atoms with Crippen molar-refractivity contribution in [3.63, 3.8) is 0 Å². The lowest BCUT2D eigenvalue weighted by molar-refractivity contribution is -0.274. The Morgan fingerprint density at radius 1 is 1.16 bits per heavy atom. The Morgan fingerprint density at radius 2 is 1.74 bits per heavy atom. The van der Waals surface area contributed by atoms with E-state index in [2.05, 4.69) is 17.0 Å². The van der Waals surface area contributed by atoms with Gasteiger partial charge in [-0.05, 0) is 50.3 Å². The lowest BCUT2D eigenvalue weighted by Crippen LogP contribution is -2.30. The highest BCUT2D eigenvalue weighted by Gasteiger charge is 2.31. The van der Waals surface area contributed by atoms with E-state index in [1.807, 2.05) is 6.92 Å². The van der Waals surface area contributed by atoms with Gasteiger partial charge in [0.25, 0.3) is 0 Å². The Labute approximate surface area is 111 Å². The molecule has 1 N–H and O–H groups in total. The molecule has 106 valence electrons. The van der Waals surface area contributed by atoms with Crippen LogP contribution in [-0.4, -0.2) is 12.4 Å². The third-order valence-corrected chi connectivity index (χ3v) is 3.46. The Balaban J connectivity index is 1.93. The van der Waals surface area contributed by atoms with Crippen molar-refractivity contribution in [3.05, 3.63) is 29.8 Å². The van der Waals surface area contributed by atoms with Gasteiger partial charge in [-0.25, -0.2) is 0 Å². The molecule has 1 aromatic rings. The van der Waals surface area contributed by atoms with Gasteiger partial charge in [0.2, 0.25) is 0 Å². The lowest BCUT2D eigenvalue weighted by Gasteiger charge is -2.20. The maximum atomic E-state index is 12.0. The number of halogens is 3. The van der Waals surface area contributed by atoms with Gasteiger partial charge in [-0.1, -0.05) is 12.1 Å². The minimum Gasteiger partial charge on any atom is -0.406 e. The summed E-state index contributed by atoms with van der Waals surface area (Å²) in [7, 11) is 0. The molecule has 1 aliphatic rings. The molecular formula is C14H18F3NO. The summed E-state index contributed by atoms with van der Waals surface area (Å²) in [6.45, 7) is 4.16. The van der Waals surface area contributed by atoms with Gasteiger partial charge in [-0.2, -0.15) is 0 Å². The van der Waals surface area contributed by atoms with Crippen LogP contribution in [0.1, 0.15) is 38.3 Å². The molecule has 19 heavy (non-hydrogen) atoms. The van der Waals surface area contributed by atoms with Gasteiger partial charge in [0, 0.05) is 12.1 Å². The molecule has 1 aromatic carbocycles. The summed E-state index contributed by atoms with van der Waals surface area (Å²) >= 11 is 0. The number of nitrogens with one attached hydrogen (secondary N) is 1. The van der Waals surface area contributed by atoms with Crippen LogP contribution in [0.25, 0.3) is 0 Å². The minimum absolute atomic E-state index is 0.121.